The third kappa shape index (κ3) is 2.29. The van der Waals surface area contributed by atoms with Gasteiger partial charge in [0.1, 0.15) is 16.9 Å². The predicted molar refractivity (Wildman–Crippen MR) is 85.1 cm³/mol. The number of fused-ring (bicyclic) bond motifs is 1. The third-order valence-electron chi connectivity index (χ3n) is 4.35. The van der Waals surface area contributed by atoms with Gasteiger partial charge in [-0.1, -0.05) is 12.8 Å². The van der Waals surface area contributed by atoms with Crippen molar-refractivity contribution in [3.8, 4) is 0 Å². The molecule has 0 radical (unpaired) electrons. The molecule has 1 aliphatic carbocycles. The van der Waals surface area contributed by atoms with Gasteiger partial charge >= 0.3 is 5.97 Å². The molecule has 3 aromatic rings. The molecule has 3 heterocycles. The van der Waals surface area contributed by atoms with Crippen LogP contribution in [0.25, 0.3) is 11.2 Å². The van der Waals surface area contributed by atoms with Gasteiger partial charge in [0.15, 0.2) is 0 Å². The predicted octanol–water partition coefficient (Wildman–Crippen LogP) is 1.30. The molecular weight excluding hydrogens is 310 g/mol. The Kier molecular flexibility index (Phi) is 3.40. The highest BCUT2D eigenvalue weighted by Gasteiger charge is 2.27. The first-order chi connectivity index (χ1) is 11.6. The summed E-state index contributed by atoms with van der Waals surface area (Å²) in [6, 6.07) is 3.72. The summed E-state index contributed by atoms with van der Waals surface area (Å²) >= 11 is 0. The Balaban J connectivity index is 1.65. The van der Waals surface area contributed by atoms with Crippen LogP contribution in [-0.4, -0.2) is 35.9 Å². The number of carbonyl (C=O) groups excluding carboxylic acids is 1. The number of aryl methyl sites for hydroxylation is 1. The van der Waals surface area contributed by atoms with Crippen molar-refractivity contribution >= 4 is 23.0 Å². The van der Waals surface area contributed by atoms with Gasteiger partial charge in [0.25, 0.3) is 0 Å². The quantitative estimate of drug-likeness (QED) is 0.721. The number of nitrogens with two attached hydrogens (primary N) is 1. The Morgan fingerprint density at radius 1 is 1.38 bits per heavy atom. The Hall–Kier alpha value is -2.97. The van der Waals surface area contributed by atoms with Crippen LogP contribution >= 0.6 is 0 Å². The molecule has 0 aliphatic heterocycles. The number of carbonyl (C=O) groups is 1. The van der Waals surface area contributed by atoms with Crippen LogP contribution < -0.4 is 10.6 Å². The van der Waals surface area contributed by atoms with Gasteiger partial charge in [-0.2, -0.15) is 5.10 Å². The maximum absolute atomic E-state index is 12.6. The molecule has 0 atom stereocenters. The zero-order chi connectivity index (χ0) is 16.7. The van der Waals surface area contributed by atoms with E-state index in [4.69, 9.17) is 10.6 Å². The van der Waals surface area contributed by atoms with E-state index < -0.39 is 5.97 Å². The fourth-order valence-corrected chi connectivity index (χ4v) is 3.18. The number of rotatable bonds is 3. The number of pyridine rings is 1. The van der Waals surface area contributed by atoms with Crippen LogP contribution in [0.2, 0.25) is 0 Å². The van der Waals surface area contributed by atoms with Crippen molar-refractivity contribution in [1.82, 2.24) is 29.9 Å². The summed E-state index contributed by atoms with van der Waals surface area (Å²) in [4.78, 5) is 23.0. The maximum Gasteiger partial charge on any atom is 0.371 e. The standard InChI is InChI=1S/C15H17N7O2/c1-9-12(13(16)21(19-9)10-5-2-3-6-10)15(23)24-22-14-11(18-20-22)7-4-8-17-14/h4,7-8,10H,2-3,5-6,16H2,1H3. The minimum atomic E-state index is -0.619. The molecule has 0 saturated heterocycles. The van der Waals surface area contributed by atoms with Crippen LogP contribution in [0.1, 0.15) is 47.8 Å². The number of hydrogen-bond donors (Lipinski definition) is 1. The van der Waals surface area contributed by atoms with Gasteiger partial charge in [-0.3, -0.25) is 0 Å². The highest BCUT2D eigenvalue weighted by atomic mass is 16.7. The second-order valence-electron chi connectivity index (χ2n) is 5.92. The fraction of sp³-hybridized carbons (Fsp3) is 0.400. The molecule has 1 fully saturated rings. The summed E-state index contributed by atoms with van der Waals surface area (Å²) in [6.07, 6.45) is 5.93. The topological polar surface area (TPSA) is 114 Å². The molecule has 1 saturated carbocycles. The molecule has 4 rings (SSSR count). The van der Waals surface area contributed by atoms with Gasteiger partial charge in [-0.25, -0.2) is 14.5 Å². The van der Waals surface area contributed by atoms with Gasteiger partial charge in [0, 0.05) is 6.20 Å². The average Bonchev–Trinajstić information content (AvgIpc) is 3.28. The molecule has 9 nitrogen and oxygen atoms in total. The van der Waals surface area contributed by atoms with Crippen molar-refractivity contribution in [2.24, 2.45) is 0 Å². The lowest BCUT2D eigenvalue weighted by Gasteiger charge is -2.11. The monoisotopic (exact) mass is 327 g/mol. The van der Waals surface area contributed by atoms with Crippen LogP contribution in [-0.2, 0) is 0 Å². The molecule has 9 heteroatoms. The average molecular weight is 327 g/mol. The second kappa shape index (κ2) is 5.59. The lowest BCUT2D eigenvalue weighted by Crippen LogP contribution is -2.23. The van der Waals surface area contributed by atoms with Gasteiger partial charge in [0.05, 0.1) is 11.7 Å². The first-order valence-electron chi connectivity index (χ1n) is 7.89. The minimum Gasteiger partial charge on any atom is -0.383 e. The number of aromatic nitrogens is 6. The van der Waals surface area contributed by atoms with E-state index in [1.54, 1.807) is 29.9 Å². The summed E-state index contributed by atoms with van der Waals surface area (Å²) in [7, 11) is 0. The van der Waals surface area contributed by atoms with E-state index in [1.165, 1.54) is 0 Å². The van der Waals surface area contributed by atoms with E-state index in [0.717, 1.165) is 30.5 Å². The number of hydrogen-bond acceptors (Lipinski definition) is 7. The molecule has 0 unspecified atom stereocenters. The molecule has 0 amide bonds. The van der Waals surface area contributed by atoms with E-state index in [-0.39, 0.29) is 11.6 Å². The van der Waals surface area contributed by atoms with E-state index in [9.17, 15) is 4.79 Å². The molecular formula is C15H17N7O2. The number of anilines is 1. The summed E-state index contributed by atoms with van der Waals surface area (Å²) in [5.41, 5.74) is 7.88. The summed E-state index contributed by atoms with van der Waals surface area (Å²) < 4.78 is 1.75. The summed E-state index contributed by atoms with van der Waals surface area (Å²) in [5.74, 6) is -0.284. The highest BCUT2D eigenvalue weighted by Crippen LogP contribution is 2.32. The number of nitrogen functional groups attached to an aromatic ring is 1. The van der Waals surface area contributed by atoms with Gasteiger partial charge in [0.2, 0.25) is 5.65 Å². The minimum absolute atomic E-state index is 0.249. The molecule has 0 bridgehead atoms. The number of nitrogens with zero attached hydrogens (tertiary/aromatic N) is 6. The Morgan fingerprint density at radius 2 is 2.17 bits per heavy atom. The van der Waals surface area contributed by atoms with Crippen molar-refractivity contribution in [2.45, 2.75) is 38.6 Å². The van der Waals surface area contributed by atoms with Crippen LogP contribution in [0, 0.1) is 6.92 Å². The van der Waals surface area contributed by atoms with Crippen molar-refractivity contribution in [3.05, 3.63) is 29.6 Å². The van der Waals surface area contributed by atoms with E-state index in [1.807, 2.05) is 0 Å². The lowest BCUT2D eigenvalue weighted by atomic mass is 10.2. The largest absolute Gasteiger partial charge is 0.383 e. The zero-order valence-electron chi connectivity index (χ0n) is 13.2. The van der Waals surface area contributed by atoms with Gasteiger partial charge in [-0.15, -0.1) is 5.10 Å². The van der Waals surface area contributed by atoms with Crippen LogP contribution in [0.4, 0.5) is 5.82 Å². The van der Waals surface area contributed by atoms with Crippen LogP contribution in [0.5, 0.6) is 0 Å². The van der Waals surface area contributed by atoms with Crippen molar-refractivity contribution < 1.29 is 9.63 Å². The molecule has 1 aliphatic rings. The Labute approximate surface area is 137 Å². The molecule has 3 aromatic heterocycles. The molecule has 24 heavy (non-hydrogen) atoms. The van der Waals surface area contributed by atoms with Crippen molar-refractivity contribution in [2.75, 3.05) is 5.73 Å². The Bertz CT molecular complexity index is 908. The zero-order valence-corrected chi connectivity index (χ0v) is 13.2. The summed E-state index contributed by atoms with van der Waals surface area (Å²) in [6.45, 7) is 1.75. The Morgan fingerprint density at radius 3 is 2.96 bits per heavy atom. The molecule has 2 N–H and O–H groups in total. The lowest BCUT2D eigenvalue weighted by molar-refractivity contribution is 0.0406. The van der Waals surface area contributed by atoms with Gasteiger partial charge in [-0.05, 0) is 42.0 Å². The molecule has 124 valence electrons. The first kappa shape index (κ1) is 14.6. The highest BCUT2D eigenvalue weighted by molar-refractivity contribution is 5.96. The molecule has 0 spiro atoms. The smallest absolute Gasteiger partial charge is 0.371 e. The van der Waals surface area contributed by atoms with E-state index in [0.29, 0.717) is 22.7 Å². The second-order valence-corrected chi connectivity index (χ2v) is 5.92. The van der Waals surface area contributed by atoms with E-state index >= 15 is 0 Å². The van der Waals surface area contributed by atoms with Crippen molar-refractivity contribution in [3.63, 3.8) is 0 Å². The van der Waals surface area contributed by atoms with Crippen LogP contribution in [0.15, 0.2) is 18.3 Å². The van der Waals surface area contributed by atoms with E-state index in [2.05, 4.69) is 20.4 Å². The normalized spacial score (nSPS) is 15.2. The summed E-state index contributed by atoms with van der Waals surface area (Å²) in [5, 5.41) is 12.1. The fourth-order valence-electron chi connectivity index (χ4n) is 3.18. The van der Waals surface area contributed by atoms with Crippen molar-refractivity contribution in [1.29, 1.82) is 0 Å². The molecule has 0 aromatic carbocycles. The maximum atomic E-state index is 12.6. The first-order valence-corrected chi connectivity index (χ1v) is 7.89. The SMILES string of the molecule is Cc1nn(C2CCCC2)c(N)c1C(=O)On1nnc2cccnc21. The van der Waals surface area contributed by atoms with Gasteiger partial charge < -0.3 is 10.6 Å². The third-order valence-corrected chi connectivity index (χ3v) is 4.35. The van der Waals surface area contributed by atoms with Crippen LogP contribution in [0.3, 0.4) is 0 Å².